The molecule has 3 nitrogen and oxygen atoms in total. The van der Waals surface area contributed by atoms with Gasteiger partial charge in [0, 0.05) is 44.3 Å². The Labute approximate surface area is 119 Å². The third-order valence-electron chi connectivity index (χ3n) is 5.37. The van der Waals surface area contributed by atoms with Crippen molar-refractivity contribution in [3.05, 3.63) is 0 Å². The van der Waals surface area contributed by atoms with Crippen molar-refractivity contribution in [2.24, 2.45) is 5.92 Å². The molecule has 0 radical (unpaired) electrons. The minimum atomic E-state index is 0.384. The van der Waals surface area contributed by atoms with Gasteiger partial charge in [-0.3, -0.25) is 4.90 Å². The first-order valence-corrected chi connectivity index (χ1v) is 8.30. The smallest absolute Gasteiger partial charge is 0.0304 e. The van der Waals surface area contributed by atoms with Crippen molar-refractivity contribution in [3.63, 3.8) is 0 Å². The molecule has 1 atom stereocenters. The van der Waals surface area contributed by atoms with Crippen LogP contribution in [0.2, 0.25) is 0 Å². The van der Waals surface area contributed by atoms with Crippen LogP contribution in [0.25, 0.3) is 0 Å². The Balaban J connectivity index is 1.83. The first-order valence-electron chi connectivity index (χ1n) is 8.30. The van der Waals surface area contributed by atoms with Crippen molar-refractivity contribution in [1.29, 1.82) is 0 Å². The van der Waals surface area contributed by atoms with Crippen LogP contribution in [0.15, 0.2) is 0 Å². The van der Waals surface area contributed by atoms with Gasteiger partial charge >= 0.3 is 0 Å². The monoisotopic (exact) mass is 267 g/mol. The van der Waals surface area contributed by atoms with Crippen molar-refractivity contribution in [1.82, 2.24) is 15.1 Å². The molecule has 0 spiro atoms. The quantitative estimate of drug-likeness (QED) is 0.824. The molecule has 2 aliphatic heterocycles. The minimum Gasteiger partial charge on any atom is -0.309 e. The highest BCUT2D eigenvalue weighted by Crippen LogP contribution is 2.24. The van der Waals surface area contributed by atoms with E-state index in [2.05, 4.69) is 42.8 Å². The van der Waals surface area contributed by atoms with Gasteiger partial charge in [0.05, 0.1) is 0 Å². The molecule has 0 aromatic heterocycles. The molecule has 112 valence electrons. The maximum absolute atomic E-state index is 3.76. The predicted molar refractivity (Wildman–Crippen MR) is 82.6 cm³/mol. The van der Waals surface area contributed by atoms with Gasteiger partial charge < -0.3 is 10.2 Å². The van der Waals surface area contributed by atoms with Crippen LogP contribution in [0.4, 0.5) is 0 Å². The third-order valence-corrected chi connectivity index (χ3v) is 5.37. The fourth-order valence-electron chi connectivity index (χ4n) is 3.77. The van der Waals surface area contributed by atoms with Crippen LogP contribution in [0.3, 0.4) is 0 Å². The number of nitrogens with zero attached hydrogens (tertiary/aromatic N) is 2. The van der Waals surface area contributed by atoms with Gasteiger partial charge in [-0.25, -0.2) is 0 Å². The van der Waals surface area contributed by atoms with Crippen molar-refractivity contribution >= 4 is 0 Å². The highest BCUT2D eigenvalue weighted by molar-refractivity contribution is 4.93. The van der Waals surface area contributed by atoms with Crippen LogP contribution in [0.5, 0.6) is 0 Å². The van der Waals surface area contributed by atoms with Crippen molar-refractivity contribution in [2.45, 2.75) is 58.5 Å². The molecule has 0 aliphatic carbocycles. The zero-order valence-electron chi connectivity index (χ0n) is 13.4. The summed E-state index contributed by atoms with van der Waals surface area (Å²) in [6, 6.07) is 0.721. The van der Waals surface area contributed by atoms with Crippen LogP contribution < -0.4 is 5.32 Å². The molecule has 0 aromatic rings. The highest BCUT2D eigenvalue weighted by atomic mass is 15.2. The largest absolute Gasteiger partial charge is 0.309 e. The Kier molecular flexibility index (Phi) is 5.27. The summed E-state index contributed by atoms with van der Waals surface area (Å²) in [5, 5.41) is 3.76. The van der Waals surface area contributed by atoms with Crippen molar-refractivity contribution in [2.75, 3.05) is 39.3 Å². The van der Waals surface area contributed by atoms with Gasteiger partial charge in [-0.1, -0.05) is 13.8 Å². The summed E-state index contributed by atoms with van der Waals surface area (Å²) in [4.78, 5) is 5.36. The second kappa shape index (κ2) is 6.55. The standard InChI is InChI=1S/C16H33N3/c1-5-16(6-2)13-18(10-8-17-16)11-15-7-9-19(12-15)14(3)4/h14-15,17H,5-13H2,1-4H3. The van der Waals surface area contributed by atoms with Gasteiger partial charge in [0.2, 0.25) is 0 Å². The highest BCUT2D eigenvalue weighted by Gasteiger charge is 2.33. The van der Waals surface area contributed by atoms with Gasteiger partial charge in [0.1, 0.15) is 0 Å². The molecular weight excluding hydrogens is 234 g/mol. The molecule has 2 heterocycles. The van der Waals surface area contributed by atoms with E-state index >= 15 is 0 Å². The Morgan fingerprint density at radius 2 is 1.95 bits per heavy atom. The molecule has 1 N–H and O–H groups in total. The lowest BCUT2D eigenvalue weighted by atomic mass is 9.89. The summed E-state index contributed by atoms with van der Waals surface area (Å²) >= 11 is 0. The second-order valence-electron chi connectivity index (χ2n) is 6.89. The van der Waals surface area contributed by atoms with E-state index in [9.17, 15) is 0 Å². The maximum Gasteiger partial charge on any atom is 0.0304 e. The summed E-state index contributed by atoms with van der Waals surface area (Å²) in [6.45, 7) is 16.9. The Bertz CT molecular complexity index is 273. The fraction of sp³-hybridized carbons (Fsp3) is 1.00. The van der Waals surface area contributed by atoms with E-state index in [1.165, 1.54) is 58.5 Å². The van der Waals surface area contributed by atoms with E-state index in [-0.39, 0.29) is 0 Å². The van der Waals surface area contributed by atoms with Gasteiger partial charge in [-0.15, -0.1) is 0 Å². The lowest BCUT2D eigenvalue weighted by Gasteiger charge is -2.44. The molecule has 1 unspecified atom stereocenters. The first-order chi connectivity index (χ1) is 9.08. The van der Waals surface area contributed by atoms with Crippen molar-refractivity contribution in [3.8, 4) is 0 Å². The number of rotatable bonds is 5. The molecule has 2 rings (SSSR count). The number of likely N-dealkylation sites (tertiary alicyclic amines) is 1. The molecule has 0 saturated carbocycles. The van der Waals surface area contributed by atoms with E-state index in [4.69, 9.17) is 0 Å². The minimum absolute atomic E-state index is 0.384. The Hall–Kier alpha value is -0.120. The van der Waals surface area contributed by atoms with E-state index in [0.29, 0.717) is 5.54 Å². The Morgan fingerprint density at radius 3 is 2.53 bits per heavy atom. The topological polar surface area (TPSA) is 18.5 Å². The van der Waals surface area contributed by atoms with E-state index < -0.39 is 0 Å². The van der Waals surface area contributed by atoms with Crippen LogP contribution >= 0.6 is 0 Å². The Morgan fingerprint density at radius 1 is 1.21 bits per heavy atom. The van der Waals surface area contributed by atoms with Gasteiger partial charge in [-0.05, 0) is 45.6 Å². The molecule has 2 aliphatic rings. The molecular formula is C16H33N3. The van der Waals surface area contributed by atoms with Crippen LogP contribution in [0, 0.1) is 5.92 Å². The number of nitrogens with one attached hydrogen (secondary N) is 1. The zero-order chi connectivity index (χ0) is 13.9. The zero-order valence-corrected chi connectivity index (χ0v) is 13.4. The summed E-state index contributed by atoms with van der Waals surface area (Å²) in [5.41, 5.74) is 0.384. The summed E-state index contributed by atoms with van der Waals surface area (Å²) < 4.78 is 0. The fourth-order valence-corrected chi connectivity index (χ4v) is 3.77. The average molecular weight is 267 g/mol. The normalized spacial score (nSPS) is 29.2. The number of hydrogen-bond donors (Lipinski definition) is 1. The lowest BCUT2D eigenvalue weighted by molar-refractivity contribution is 0.108. The van der Waals surface area contributed by atoms with Crippen LogP contribution in [-0.2, 0) is 0 Å². The van der Waals surface area contributed by atoms with Crippen LogP contribution in [0.1, 0.15) is 47.0 Å². The summed E-state index contributed by atoms with van der Waals surface area (Å²) in [6.07, 6.45) is 3.90. The molecule has 2 saturated heterocycles. The number of hydrogen-bond acceptors (Lipinski definition) is 3. The second-order valence-corrected chi connectivity index (χ2v) is 6.89. The first kappa shape index (κ1) is 15.3. The van der Waals surface area contributed by atoms with Gasteiger partial charge in [0.25, 0.3) is 0 Å². The van der Waals surface area contributed by atoms with Crippen molar-refractivity contribution < 1.29 is 0 Å². The summed E-state index contributed by atoms with van der Waals surface area (Å²) in [7, 11) is 0. The molecule has 0 amide bonds. The maximum atomic E-state index is 3.76. The predicted octanol–water partition coefficient (Wildman–Crippen LogP) is 2.18. The molecule has 0 aromatic carbocycles. The van der Waals surface area contributed by atoms with E-state index in [1.807, 2.05) is 0 Å². The summed E-state index contributed by atoms with van der Waals surface area (Å²) in [5.74, 6) is 0.895. The lowest BCUT2D eigenvalue weighted by Crippen LogP contribution is -2.60. The molecule has 0 bridgehead atoms. The van der Waals surface area contributed by atoms with Crippen LogP contribution in [-0.4, -0.2) is 60.6 Å². The van der Waals surface area contributed by atoms with E-state index in [1.54, 1.807) is 0 Å². The molecule has 3 heteroatoms. The SMILES string of the molecule is CCC1(CC)CN(CC2CCN(C(C)C)C2)CCN1. The number of piperazine rings is 1. The molecule has 2 fully saturated rings. The van der Waals surface area contributed by atoms with Gasteiger partial charge in [0.15, 0.2) is 0 Å². The molecule has 19 heavy (non-hydrogen) atoms. The average Bonchev–Trinajstić information content (AvgIpc) is 2.87. The third kappa shape index (κ3) is 3.71. The van der Waals surface area contributed by atoms with Gasteiger partial charge in [-0.2, -0.15) is 0 Å². The van der Waals surface area contributed by atoms with E-state index in [0.717, 1.165) is 12.0 Å².